The molecule has 2 aliphatic rings. The van der Waals surface area contributed by atoms with E-state index in [4.69, 9.17) is 14.2 Å². The summed E-state index contributed by atoms with van der Waals surface area (Å²) in [5, 5.41) is 0. The zero-order valence-corrected chi connectivity index (χ0v) is 15.3. The van der Waals surface area contributed by atoms with E-state index >= 15 is 0 Å². The number of methoxy groups -OCH3 is 1. The lowest BCUT2D eigenvalue weighted by Gasteiger charge is -2.43. The van der Waals surface area contributed by atoms with E-state index in [2.05, 4.69) is 19.1 Å². The highest BCUT2D eigenvalue weighted by Crippen LogP contribution is 2.51. The van der Waals surface area contributed by atoms with Crippen LogP contribution in [0.4, 0.5) is 0 Å². The molecule has 0 amide bonds. The minimum Gasteiger partial charge on any atom is -0.492 e. The van der Waals surface area contributed by atoms with Gasteiger partial charge in [-0.3, -0.25) is 9.78 Å². The number of benzene rings is 1. The van der Waals surface area contributed by atoms with Crippen LogP contribution in [-0.4, -0.2) is 49.8 Å². The number of rotatable bonds is 4. The Labute approximate surface area is 152 Å². The fourth-order valence-electron chi connectivity index (χ4n) is 3.95. The SMILES string of the molecule is COc1c2c(cc3c1C(CC(=O)c1ccncc1)[N+](C)(C)CC3)OCO2. The first-order valence-electron chi connectivity index (χ1n) is 8.76. The van der Waals surface area contributed by atoms with Gasteiger partial charge in [0, 0.05) is 24.4 Å². The number of quaternary nitrogens is 1. The smallest absolute Gasteiger partial charge is 0.231 e. The molecule has 6 nitrogen and oxygen atoms in total. The van der Waals surface area contributed by atoms with Gasteiger partial charge >= 0.3 is 0 Å². The minimum atomic E-state index is -0.0103. The lowest BCUT2D eigenvalue weighted by atomic mass is 9.86. The Morgan fingerprint density at radius 1 is 1.31 bits per heavy atom. The van der Waals surface area contributed by atoms with Gasteiger partial charge in [0.2, 0.25) is 12.5 Å². The molecule has 2 aliphatic heterocycles. The number of pyridine rings is 1. The largest absolute Gasteiger partial charge is 0.492 e. The van der Waals surface area contributed by atoms with Gasteiger partial charge in [0.05, 0.1) is 39.7 Å². The Kier molecular flexibility index (Phi) is 4.07. The summed E-state index contributed by atoms with van der Waals surface area (Å²) in [6.45, 7) is 1.15. The monoisotopic (exact) mass is 355 g/mol. The van der Waals surface area contributed by atoms with Gasteiger partial charge in [0.25, 0.3) is 0 Å². The number of fused-ring (bicyclic) bond motifs is 2. The van der Waals surface area contributed by atoms with Crippen molar-refractivity contribution in [2.24, 2.45) is 0 Å². The van der Waals surface area contributed by atoms with Crippen molar-refractivity contribution < 1.29 is 23.5 Å². The molecule has 4 rings (SSSR count). The number of likely N-dealkylation sites (N-methyl/N-ethyl adjacent to an activating group) is 1. The van der Waals surface area contributed by atoms with Crippen molar-refractivity contribution in [2.45, 2.75) is 18.9 Å². The molecule has 0 saturated heterocycles. The second-order valence-electron chi connectivity index (χ2n) is 7.35. The standard InChI is InChI=1S/C20H23N2O4/c1-22(2)9-6-14-10-17-19(26-12-25-17)20(24-3)18(14)15(22)11-16(23)13-4-7-21-8-5-13/h4-5,7-8,10,15H,6,9,11-12H2,1-3H3/q+1. The van der Waals surface area contributed by atoms with Gasteiger partial charge in [0.15, 0.2) is 17.3 Å². The average Bonchev–Trinajstić information content (AvgIpc) is 3.11. The zero-order valence-electron chi connectivity index (χ0n) is 15.3. The molecule has 1 aromatic carbocycles. The Morgan fingerprint density at radius 2 is 2.08 bits per heavy atom. The van der Waals surface area contributed by atoms with Crippen LogP contribution in [0.25, 0.3) is 0 Å². The molecule has 1 unspecified atom stereocenters. The Balaban J connectivity index is 1.78. The lowest BCUT2D eigenvalue weighted by molar-refractivity contribution is -0.922. The van der Waals surface area contributed by atoms with Gasteiger partial charge in [-0.2, -0.15) is 0 Å². The zero-order chi connectivity index (χ0) is 18.3. The number of carbonyl (C=O) groups is 1. The van der Waals surface area contributed by atoms with Gasteiger partial charge in [-0.05, 0) is 23.8 Å². The maximum Gasteiger partial charge on any atom is 0.231 e. The minimum absolute atomic E-state index is 0.0103. The van der Waals surface area contributed by atoms with Crippen molar-refractivity contribution in [3.63, 3.8) is 0 Å². The highest BCUT2D eigenvalue weighted by molar-refractivity contribution is 5.96. The van der Waals surface area contributed by atoms with Crippen molar-refractivity contribution in [1.29, 1.82) is 0 Å². The molecule has 1 aromatic heterocycles. The average molecular weight is 355 g/mol. The number of ether oxygens (including phenoxy) is 3. The third-order valence-corrected chi connectivity index (χ3v) is 5.46. The van der Waals surface area contributed by atoms with E-state index in [1.165, 1.54) is 5.56 Å². The molecular weight excluding hydrogens is 332 g/mol. The van der Waals surface area contributed by atoms with Gasteiger partial charge in [-0.15, -0.1) is 0 Å². The van der Waals surface area contributed by atoms with E-state index in [-0.39, 0.29) is 18.6 Å². The van der Waals surface area contributed by atoms with Crippen LogP contribution < -0.4 is 14.2 Å². The topological polar surface area (TPSA) is 57.7 Å². The van der Waals surface area contributed by atoms with Crippen LogP contribution in [-0.2, 0) is 6.42 Å². The van der Waals surface area contributed by atoms with Crippen molar-refractivity contribution in [2.75, 3.05) is 34.5 Å². The van der Waals surface area contributed by atoms with Crippen LogP contribution in [0.1, 0.15) is 33.9 Å². The predicted octanol–water partition coefficient (Wildman–Crippen LogP) is 2.77. The lowest BCUT2D eigenvalue weighted by Crippen LogP contribution is -2.48. The van der Waals surface area contributed by atoms with Crippen LogP contribution in [0.15, 0.2) is 30.6 Å². The second kappa shape index (κ2) is 6.29. The molecule has 3 heterocycles. The number of carbonyl (C=O) groups excluding carboxylic acids is 1. The van der Waals surface area contributed by atoms with Crippen LogP contribution in [0, 0.1) is 0 Å². The quantitative estimate of drug-likeness (QED) is 0.623. The van der Waals surface area contributed by atoms with Crippen LogP contribution >= 0.6 is 0 Å². The first kappa shape index (κ1) is 16.8. The number of nitrogens with zero attached hydrogens (tertiary/aromatic N) is 2. The van der Waals surface area contributed by atoms with Gasteiger partial charge in [-0.1, -0.05) is 0 Å². The van der Waals surface area contributed by atoms with Crippen LogP contribution in [0.2, 0.25) is 0 Å². The third-order valence-electron chi connectivity index (χ3n) is 5.46. The van der Waals surface area contributed by atoms with Crippen molar-refractivity contribution in [1.82, 2.24) is 4.98 Å². The number of Topliss-reactive ketones (excluding diaryl/α,β-unsaturated/α-hetero) is 1. The Morgan fingerprint density at radius 3 is 2.81 bits per heavy atom. The molecule has 0 fully saturated rings. The van der Waals surface area contributed by atoms with Crippen LogP contribution in [0.3, 0.4) is 0 Å². The summed E-state index contributed by atoms with van der Waals surface area (Å²) in [7, 11) is 5.98. The molecule has 0 spiro atoms. The molecule has 26 heavy (non-hydrogen) atoms. The normalized spacial score (nSPS) is 19.7. The van der Waals surface area contributed by atoms with Crippen molar-refractivity contribution in [3.05, 3.63) is 47.3 Å². The summed E-state index contributed by atoms with van der Waals surface area (Å²) in [6, 6.07) is 5.57. The van der Waals surface area contributed by atoms with E-state index in [0.717, 1.165) is 28.8 Å². The van der Waals surface area contributed by atoms with Crippen LogP contribution in [0.5, 0.6) is 17.2 Å². The number of hydrogen-bond donors (Lipinski definition) is 0. The first-order chi connectivity index (χ1) is 12.5. The summed E-state index contributed by atoms with van der Waals surface area (Å²) in [5.41, 5.74) is 2.93. The maximum atomic E-state index is 12.9. The third kappa shape index (κ3) is 2.70. The molecule has 0 N–H and O–H groups in total. The molecule has 0 radical (unpaired) electrons. The molecule has 1 atom stereocenters. The second-order valence-corrected chi connectivity index (χ2v) is 7.35. The fourth-order valence-corrected chi connectivity index (χ4v) is 3.95. The number of ketones is 1. The van der Waals surface area contributed by atoms with Crippen molar-refractivity contribution >= 4 is 5.78 Å². The van der Waals surface area contributed by atoms with E-state index in [9.17, 15) is 4.79 Å². The summed E-state index contributed by atoms with van der Waals surface area (Å²) >= 11 is 0. The van der Waals surface area contributed by atoms with Gasteiger partial charge in [0.1, 0.15) is 6.04 Å². The molecule has 0 bridgehead atoms. The highest BCUT2D eigenvalue weighted by atomic mass is 16.7. The molecule has 136 valence electrons. The molecule has 6 heteroatoms. The van der Waals surface area contributed by atoms with E-state index in [0.29, 0.717) is 23.5 Å². The van der Waals surface area contributed by atoms with Gasteiger partial charge in [-0.25, -0.2) is 0 Å². The number of aromatic nitrogens is 1. The molecule has 0 saturated carbocycles. The Bertz CT molecular complexity index is 849. The highest BCUT2D eigenvalue weighted by Gasteiger charge is 2.42. The van der Waals surface area contributed by atoms with E-state index in [1.807, 2.05) is 6.07 Å². The van der Waals surface area contributed by atoms with E-state index in [1.54, 1.807) is 31.6 Å². The summed E-state index contributed by atoms with van der Waals surface area (Å²) in [6.07, 6.45) is 4.62. The first-order valence-corrected chi connectivity index (χ1v) is 8.76. The van der Waals surface area contributed by atoms with Crippen molar-refractivity contribution in [3.8, 4) is 17.2 Å². The van der Waals surface area contributed by atoms with Gasteiger partial charge < -0.3 is 18.7 Å². The molecular formula is C20H23N2O4+. The molecule has 0 aliphatic carbocycles. The summed E-state index contributed by atoms with van der Waals surface area (Å²) in [4.78, 5) is 16.9. The fraction of sp³-hybridized carbons (Fsp3) is 0.400. The van der Waals surface area contributed by atoms with E-state index < -0.39 is 0 Å². The summed E-state index contributed by atoms with van der Waals surface area (Å²) in [5.74, 6) is 2.19. The Hall–Kier alpha value is -2.60. The maximum absolute atomic E-state index is 12.9. The summed E-state index contributed by atoms with van der Waals surface area (Å²) < 4.78 is 17.7. The molecule has 2 aromatic rings. The predicted molar refractivity (Wildman–Crippen MR) is 95.7 cm³/mol. The number of hydrogen-bond acceptors (Lipinski definition) is 5.